The Balaban J connectivity index is 1.65. The summed E-state index contributed by atoms with van der Waals surface area (Å²) in [4.78, 5) is 0. The molecule has 0 aromatic heterocycles. The molecule has 0 aliphatic carbocycles. The number of halogens is 1. The van der Waals surface area contributed by atoms with Gasteiger partial charge in [0.1, 0.15) is 30.0 Å². The van der Waals surface area contributed by atoms with Gasteiger partial charge in [-0.15, -0.1) is 0 Å². The number of fused-ring (bicyclic) bond motifs is 1. The summed E-state index contributed by atoms with van der Waals surface area (Å²) >= 11 is 0. The molecule has 0 radical (unpaired) electrons. The SMILES string of the molecule is Cc1ccc(N)cc1OCC1Cc2cc(F)ccc2O1. The minimum atomic E-state index is -0.236. The third-order valence-electron chi connectivity index (χ3n) is 3.40. The largest absolute Gasteiger partial charge is 0.489 e. The van der Waals surface area contributed by atoms with Crippen molar-refractivity contribution < 1.29 is 13.9 Å². The molecule has 0 spiro atoms. The molecule has 0 bridgehead atoms. The minimum Gasteiger partial charge on any atom is -0.489 e. The van der Waals surface area contributed by atoms with Gasteiger partial charge in [-0.3, -0.25) is 0 Å². The molecule has 2 N–H and O–H groups in total. The zero-order chi connectivity index (χ0) is 14.1. The van der Waals surface area contributed by atoms with Crippen LogP contribution in [-0.2, 0) is 6.42 Å². The number of aryl methyl sites for hydroxylation is 1. The van der Waals surface area contributed by atoms with Crippen LogP contribution in [0.25, 0.3) is 0 Å². The molecule has 3 nitrogen and oxygen atoms in total. The topological polar surface area (TPSA) is 44.5 Å². The molecule has 1 aliphatic heterocycles. The van der Waals surface area contributed by atoms with Gasteiger partial charge in [-0.25, -0.2) is 4.39 Å². The second-order valence-corrected chi connectivity index (χ2v) is 5.03. The van der Waals surface area contributed by atoms with Crippen molar-refractivity contribution in [2.75, 3.05) is 12.3 Å². The zero-order valence-electron chi connectivity index (χ0n) is 11.2. The van der Waals surface area contributed by atoms with E-state index >= 15 is 0 Å². The number of ether oxygens (including phenoxy) is 2. The Morgan fingerprint density at radius 2 is 2.15 bits per heavy atom. The number of benzene rings is 2. The Bertz CT molecular complexity index is 642. The number of nitrogen functional groups attached to an aromatic ring is 1. The van der Waals surface area contributed by atoms with Crippen LogP contribution in [0.4, 0.5) is 10.1 Å². The van der Waals surface area contributed by atoms with Gasteiger partial charge in [-0.05, 0) is 36.8 Å². The van der Waals surface area contributed by atoms with Crippen LogP contribution in [0.15, 0.2) is 36.4 Å². The highest BCUT2D eigenvalue weighted by Gasteiger charge is 2.24. The maximum Gasteiger partial charge on any atom is 0.137 e. The summed E-state index contributed by atoms with van der Waals surface area (Å²) in [6.45, 7) is 2.38. The molecule has 0 saturated carbocycles. The lowest BCUT2D eigenvalue weighted by Gasteiger charge is -2.14. The Hall–Kier alpha value is -2.23. The maximum absolute atomic E-state index is 13.1. The van der Waals surface area contributed by atoms with Gasteiger partial charge < -0.3 is 15.2 Å². The van der Waals surface area contributed by atoms with Crippen molar-refractivity contribution in [1.82, 2.24) is 0 Å². The van der Waals surface area contributed by atoms with Crippen LogP contribution in [0, 0.1) is 12.7 Å². The van der Waals surface area contributed by atoms with Crippen molar-refractivity contribution in [2.24, 2.45) is 0 Å². The first kappa shape index (κ1) is 12.8. The lowest BCUT2D eigenvalue weighted by atomic mass is 10.1. The zero-order valence-corrected chi connectivity index (χ0v) is 11.2. The normalized spacial score (nSPS) is 16.6. The molecule has 2 aromatic rings. The molecule has 4 heteroatoms. The van der Waals surface area contributed by atoms with E-state index in [-0.39, 0.29) is 11.9 Å². The molecule has 2 aromatic carbocycles. The van der Waals surface area contributed by atoms with Crippen LogP contribution in [0.3, 0.4) is 0 Å². The second-order valence-electron chi connectivity index (χ2n) is 5.03. The predicted molar refractivity (Wildman–Crippen MR) is 75.6 cm³/mol. The van der Waals surface area contributed by atoms with Gasteiger partial charge >= 0.3 is 0 Å². The standard InChI is InChI=1S/C16H16FNO2/c1-10-2-4-13(18)8-16(10)19-9-14-7-11-6-12(17)3-5-15(11)20-14/h2-6,8,14H,7,9,18H2,1H3. The van der Waals surface area contributed by atoms with Crippen molar-refractivity contribution in [1.29, 1.82) is 0 Å². The summed E-state index contributed by atoms with van der Waals surface area (Å²) in [5.41, 5.74) is 8.33. The van der Waals surface area contributed by atoms with Crippen LogP contribution in [-0.4, -0.2) is 12.7 Å². The molecular formula is C16H16FNO2. The third-order valence-corrected chi connectivity index (χ3v) is 3.40. The van der Waals surface area contributed by atoms with Crippen LogP contribution in [0.2, 0.25) is 0 Å². The average molecular weight is 273 g/mol. The van der Waals surface area contributed by atoms with E-state index in [0.29, 0.717) is 18.7 Å². The smallest absolute Gasteiger partial charge is 0.137 e. The quantitative estimate of drug-likeness (QED) is 0.874. The number of rotatable bonds is 3. The highest BCUT2D eigenvalue weighted by atomic mass is 19.1. The highest BCUT2D eigenvalue weighted by Crippen LogP contribution is 2.30. The van der Waals surface area contributed by atoms with E-state index in [1.165, 1.54) is 12.1 Å². The highest BCUT2D eigenvalue weighted by molar-refractivity contribution is 5.48. The number of hydrogen-bond donors (Lipinski definition) is 1. The van der Waals surface area contributed by atoms with Gasteiger partial charge in [0.25, 0.3) is 0 Å². The van der Waals surface area contributed by atoms with Gasteiger partial charge in [0.15, 0.2) is 0 Å². The van der Waals surface area contributed by atoms with Crippen molar-refractivity contribution in [3.05, 3.63) is 53.3 Å². The van der Waals surface area contributed by atoms with Crippen LogP contribution >= 0.6 is 0 Å². The lowest BCUT2D eigenvalue weighted by Crippen LogP contribution is -2.22. The molecular weight excluding hydrogens is 257 g/mol. The molecule has 0 amide bonds. The number of hydrogen-bond acceptors (Lipinski definition) is 3. The second kappa shape index (κ2) is 5.04. The van der Waals surface area contributed by atoms with Gasteiger partial charge in [-0.1, -0.05) is 6.07 Å². The summed E-state index contributed by atoms with van der Waals surface area (Å²) in [6, 6.07) is 10.1. The van der Waals surface area contributed by atoms with Crippen molar-refractivity contribution in [2.45, 2.75) is 19.4 Å². The molecule has 0 fully saturated rings. The van der Waals surface area contributed by atoms with E-state index < -0.39 is 0 Å². The monoisotopic (exact) mass is 273 g/mol. The fraction of sp³-hybridized carbons (Fsp3) is 0.250. The molecule has 104 valence electrons. The van der Waals surface area contributed by atoms with Gasteiger partial charge in [0, 0.05) is 23.7 Å². The van der Waals surface area contributed by atoms with E-state index in [0.717, 1.165) is 22.6 Å². The molecule has 1 atom stereocenters. The summed E-state index contributed by atoms with van der Waals surface area (Å²) < 4.78 is 24.6. The van der Waals surface area contributed by atoms with Gasteiger partial charge in [0.2, 0.25) is 0 Å². The number of nitrogens with two attached hydrogens (primary N) is 1. The molecule has 3 rings (SSSR count). The maximum atomic E-state index is 13.1. The summed E-state index contributed by atoms with van der Waals surface area (Å²) in [5.74, 6) is 1.26. The first-order valence-electron chi connectivity index (χ1n) is 6.56. The number of anilines is 1. The van der Waals surface area contributed by atoms with Crippen molar-refractivity contribution in [3.8, 4) is 11.5 Å². The van der Waals surface area contributed by atoms with Crippen LogP contribution in [0.5, 0.6) is 11.5 Å². The van der Waals surface area contributed by atoms with Crippen LogP contribution in [0.1, 0.15) is 11.1 Å². The average Bonchev–Trinajstić information content (AvgIpc) is 2.81. The first-order chi connectivity index (χ1) is 9.61. The van der Waals surface area contributed by atoms with E-state index in [1.807, 2.05) is 19.1 Å². The Kier molecular flexibility index (Phi) is 3.22. The van der Waals surface area contributed by atoms with E-state index in [1.54, 1.807) is 12.1 Å². The third kappa shape index (κ3) is 2.54. The predicted octanol–water partition coefficient (Wildman–Crippen LogP) is 3.10. The molecule has 20 heavy (non-hydrogen) atoms. The summed E-state index contributed by atoms with van der Waals surface area (Å²) in [5, 5.41) is 0. The fourth-order valence-corrected chi connectivity index (χ4v) is 2.34. The van der Waals surface area contributed by atoms with Crippen molar-refractivity contribution in [3.63, 3.8) is 0 Å². The minimum absolute atomic E-state index is 0.0902. The van der Waals surface area contributed by atoms with Gasteiger partial charge in [-0.2, -0.15) is 0 Å². The molecule has 1 unspecified atom stereocenters. The fourth-order valence-electron chi connectivity index (χ4n) is 2.34. The molecule has 0 saturated heterocycles. The molecule has 1 heterocycles. The van der Waals surface area contributed by atoms with Crippen molar-refractivity contribution >= 4 is 5.69 Å². The van der Waals surface area contributed by atoms with E-state index in [4.69, 9.17) is 15.2 Å². The summed E-state index contributed by atoms with van der Waals surface area (Å²) in [6.07, 6.45) is 0.571. The molecule has 1 aliphatic rings. The Morgan fingerprint density at radius 1 is 1.30 bits per heavy atom. The Labute approximate surface area is 117 Å². The van der Waals surface area contributed by atoms with E-state index in [9.17, 15) is 4.39 Å². The lowest BCUT2D eigenvalue weighted by molar-refractivity contribution is 0.148. The van der Waals surface area contributed by atoms with Gasteiger partial charge in [0.05, 0.1) is 0 Å². The van der Waals surface area contributed by atoms with E-state index in [2.05, 4.69) is 0 Å². The van der Waals surface area contributed by atoms with Crippen LogP contribution < -0.4 is 15.2 Å². The summed E-state index contributed by atoms with van der Waals surface area (Å²) in [7, 11) is 0. The Morgan fingerprint density at radius 3 is 3.00 bits per heavy atom. The first-order valence-corrected chi connectivity index (χ1v) is 6.56.